The molecule has 3 nitrogen and oxygen atoms in total. The fourth-order valence-corrected chi connectivity index (χ4v) is 2.53. The fraction of sp³-hybridized carbons (Fsp3) is 0.417. The molecule has 1 unspecified atom stereocenters. The molecule has 0 spiro atoms. The van der Waals surface area contributed by atoms with Crippen molar-refractivity contribution in [1.29, 1.82) is 0 Å². The van der Waals surface area contributed by atoms with Crippen LogP contribution >= 0.6 is 11.6 Å². The van der Waals surface area contributed by atoms with E-state index in [1.165, 1.54) is 7.11 Å². The van der Waals surface area contributed by atoms with E-state index in [0.717, 1.165) is 24.1 Å². The highest BCUT2D eigenvalue weighted by atomic mass is 35.5. The van der Waals surface area contributed by atoms with Gasteiger partial charge in [-0.05, 0) is 43.1 Å². The molecular formula is C12H14ClNO2. The first kappa shape index (κ1) is 11.4. The molecule has 1 heterocycles. The molecule has 16 heavy (non-hydrogen) atoms. The molecular weight excluding hydrogens is 226 g/mol. The number of methoxy groups -OCH3 is 1. The lowest BCUT2D eigenvalue weighted by Gasteiger charge is -2.26. The van der Waals surface area contributed by atoms with E-state index < -0.39 is 0 Å². The number of hydrogen-bond donors (Lipinski definition) is 1. The van der Waals surface area contributed by atoms with E-state index in [-0.39, 0.29) is 12.0 Å². The van der Waals surface area contributed by atoms with Crippen LogP contribution in [-0.4, -0.2) is 19.6 Å². The number of esters is 1. The van der Waals surface area contributed by atoms with Crippen molar-refractivity contribution in [2.45, 2.75) is 19.4 Å². The maximum absolute atomic E-state index is 11.6. The van der Waals surface area contributed by atoms with Crippen molar-refractivity contribution in [3.8, 4) is 0 Å². The number of rotatable bonds is 1. The Morgan fingerprint density at radius 2 is 2.31 bits per heavy atom. The first-order valence-electron chi connectivity index (χ1n) is 5.28. The van der Waals surface area contributed by atoms with Crippen LogP contribution in [0.3, 0.4) is 0 Å². The van der Waals surface area contributed by atoms with Crippen LogP contribution < -0.4 is 5.32 Å². The van der Waals surface area contributed by atoms with Crippen LogP contribution in [0.5, 0.6) is 0 Å². The lowest BCUT2D eigenvalue weighted by molar-refractivity contribution is 0.0599. The highest BCUT2D eigenvalue weighted by molar-refractivity contribution is 6.31. The van der Waals surface area contributed by atoms with Crippen LogP contribution in [-0.2, 0) is 11.2 Å². The molecule has 2 rings (SSSR count). The Labute approximate surface area is 99.7 Å². The number of nitrogens with one attached hydrogen (secondary N) is 1. The van der Waals surface area contributed by atoms with Gasteiger partial charge >= 0.3 is 5.97 Å². The minimum absolute atomic E-state index is 0.181. The van der Waals surface area contributed by atoms with Crippen molar-refractivity contribution in [3.63, 3.8) is 0 Å². The Morgan fingerprint density at radius 3 is 3.00 bits per heavy atom. The van der Waals surface area contributed by atoms with Crippen molar-refractivity contribution in [3.05, 3.63) is 33.8 Å². The Morgan fingerprint density at radius 1 is 1.56 bits per heavy atom. The predicted molar refractivity (Wildman–Crippen MR) is 62.9 cm³/mol. The molecule has 1 N–H and O–H groups in total. The van der Waals surface area contributed by atoms with E-state index >= 15 is 0 Å². The Kier molecular flexibility index (Phi) is 3.17. The molecule has 0 bridgehead atoms. The molecule has 0 saturated heterocycles. The van der Waals surface area contributed by atoms with E-state index in [0.29, 0.717) is 10.6 Å². The zero-order valence-electron chi connectivity index (χ0n) is 9.34. The van der Waals surface area contributed by atoms with Gasteiger partial charge in [0.15, 0.2) is 0 Å². The summed E-state index contributed by atoms with van der Waals surface area (Å²) in [4.78, 5) is 11.6. The zero-order chi connectivity index (χ0) is 11.7. The highest BCUT2D eigenvalue weighted by Crippen LogP contribution is 2.32. The summed E-state index contributed by atoms with van der Waals surface area (Å²) in [7, 11) is 1.40. The van der Waals surface area contributed by atoms with Crippen LogP contribution in [0, 0.1) is 0 Å². The molecule has 1 aromatic carbocycles. The van der Waals surface area contributed by atoms with Crippen molar-refractivity contribution < 1.29 is 9.53 Å². The summed E-state index contributed by atoms with van der Waals surface area (Å²) in [5.41, 5.74) is 2.68. The van der Waals surface area contributed by atoms with Gasteiger partial charge in [0.2, 0.25) is 0 Å². The molecule has 0 aromatic heterocycles. The van der Waals surface area contributed by atoms with Gasteiger partial charge in [0.05, 0.1) is 12.7 Å². The standard InChI is InChI=1S/C12H14ClNO2/c1-7-11-8(5-6-14-7)9(12(15)16-2)3-4-10(11)13/h3-4,7,14H,5-6H2,1-2H3. The molecule has 1 aliphatic heterocycles. The third-order valence-corrected chi connectivity index (χ3v) is 3.30. The second-order valence-corrected chi connectivity index (χ2v) is 4.31. The van der Waals surface area contributed by atoms with Crippen LogP contribution in [0.15, 0.2) is 12.1 Å². The summed E-state index contributed by atoms with van der Waals surface area (Å²) in [6, 6.07) is 3.68. The van der Waals surface area contributed by atoms with Crippen molar-refractivity contribution >= 4 is 17.6 Å². The van der Waals surface area contributed by atoms with Crippen molar-refractivity contribution in [2.24, 2.45) is 0 Å². The normalized spacial score (nSPS) is 19.1. The van der Waals surface area contributed by atoms with Gasteiger partial charge in [0.1, 0.15) is 0 Å². The van der Waals surface area contributed by atoms with Gasteiger partial charge in [-0.25, -0.2) is 4.79 Å². The summed E-state index contributed by atoms with van der Waals surface area (Å²) in [6.45, 7) is 2.91. The largest absolute Gasteiger partial charge is 0.465 e. The summed E-state index contributed by atoms with van der Waals surface area (Å²) in [5, 5.41) is 4.04. The van der Waals surface area contributed by atoms with Crippen LogP contribution in [0.1, 0.15) is 34.5 Å². The monoisotopic (exact) mass is 239 g/mol. The number of benzene rings is 1. The van der Waals surface area contributed by atoms with Crippen LogP contribution in [0.4, 0.5) is 0 Å². The maximum Gasteiger partial charge on any atom is 0.338 e. The van der Waals surface area contributed by atoms with Gasteiger partial charge in [-0.2, -0.15) is 0 Å². The lowest BCUT2D eigenvalue weighted by atomic mass is 9.91. The number of fused-ring (bicyclic) bond motifs is 1. The molecule has 0 radical (unpaired) electrons. The van der Waals surface area contributed by atoms with Crippen LogP contribution in [0.25, 0.3) is 0 Å². The molecule has 86 valence electrons. The second kappa shape index (κ2) is 4.44. The van der Waals surface area contributed by atoms with Crippen LogP contribution in [0.2, 0.25) is 5.02 Å². The molecule has 0 fully saturated rings. The molecule has 1 aliphatic rings. The van der Waals surface area contributed by atoms with Gasteiger partial charge in [0.25, 0.3) is 0 Å². The van der Waals surface area contributed by atoms with Gasteiger partial charge in [0, 0.05) is 11.1 Å². The van der Waals surface area contributed by atoms with E-state index in [4.69, 9.17) is 16.3 Å². The summed E-state index contributed by atoms with van der Waals surface area (Å²) in [5.74, 6) is -0.290. The summed E-state index contributed by atoms with van der Waals surface area (Å²) >= 11 is 6.16. The third kappa shape index (κ3) is 1.81. The Hall–Kier alpha value is -1.06. The highest BCUT2D eigenvalue weighted by Gasteiger charge is 2.24. The number of ether oxygens (including phenoxy) is 1. The molecule has 0 saturated carbocycles. The Bertz CT molecular complexity index is 431. The average Bonchev–Trinajstić information content (AvgIpc) is 2.28. The number of hydrogen-bond acceptors (Lipinski definition) is 3. The molecule has 1 atom stereocenters. The minimum Gasteiger partial charge on any atom is -0.465 e. The fourth-order valence-electron chi connectivity index (χ4n) is 2.19. The van der Waals surface area contributed by atoms with Gasteiger partial charge in [-0.1, -0.05) is 11.6 Å². The third-order valence-electron chi connectivity index (χ3n) is 2.97. The van der Waals surface area contributed by atoms with E-state index in [2.05, 4.69) is 5.32 Å². The smallest absolute Gasteiger partial charge is 0.338 e. The molecule has 0 amide bonds. The summed E-state index contributed by atoms with van der Waals surface area (Å²) in [6.07, 6.45) is 0.810. The topological polar surface area (TPSA) is 38.3 Å². The van der Waals surface area contributed by atoms with E-state index in [9.17, 15) is 4.79 Å². The summed E-state index contributed by atoms with van der Waals surface area (Å²) < 4.78 is 4.78. The quantitative estimate of drug-likeness (QED) is 0.765. The number of carbonyl (C=O) groups is 1. The SMILES string of the molecule is COC(=O)c1ccc(Cl)c2c1CCNC2C. The predicted octanol–water partition coefficient (Wildman–Crippen LogP) is 2.33. The first-order chi connectivity index (χ1) is 7.65. The van der Waals surface area contributed by atoms with Gasteiger partial charge < -0.3 is 10.1 Å². The van der Waals surface area contributed by atoms with E-state index in [1.54, 1.807) is 12.1 Å². The lowest BCUT2D eigenvalue weighted by Crippen LogP contribution is -2.29. The first-order valence-corrected chi connectivity index (χ1v) is 5.66. The molecule has 4 heteroatoms. The average molecular weight is 240 g/mol. The molecule has 0 aliphatic carbocycles. The number of carbonyl (C=O) groups excluding carboxylic acids is 1. The zero-order valence-corrected chi connectivity index (χ0v) is 10.1. The van der Waals surface area contributed by atoms with Gasteiger partial charge in [-0.15, -0.1) is 0 Å². The van der Waals surface area contributed by atoms with Crippen molar-refractivity contribution in [2.75, 3.05) is 13.7 Å². The van der Waals surface area contributed by atoms with E-state index in [1.807, 2.05) is 6.92 Å². The number of halogens is 1. The Balaban J connectivity index is 2.58. The van der Waals surface area contributed by atoms with Gasteiger partial charge in [-0.3, -0.25) is 0 Å². The van der Waals surface area contributed by atoms with Crippen molar-refractivity contribution in [1.82, 2.24) is 5.32 Å². The second-order valence-electron chi connectivity index (χ2n) is 3.90. The molecule has 1 aromatic rings. The maximum atomic E-state index is 11.6. The minimum atomic E-state index is -0.290.